The summed E-state index contributed by atoms with van der Waals surface area (Å²) in [6, 6.07) is 0. The van der Waals surface area contributed by atoms with Gasteiger partial charge < -0.3 is 56.9 Å². The number of rotatable bonds is 5. The molecule has 0 unspecified atom stereocenters. The summed E-state index contributed by atoms with van der Waals surface area (Å²) in [5, 5.41) is 0. The summed E-state index contributed by atoms with van der Waals surface area (Å²) in [5.41, 5.74) is 0. The fourth-order valence-electron chi connectivity index (χ4n) is 4.08. The molecule has 2 nitrogen and oxygen atoms in total. The van der Waals surface area contributed by atoms with Crippen molar-refractivity contribution in [1.29, 1.82) is 0 Å². The van der Waals surface area contributed by atoms with Crippen LogP contribution in [0.4, 0.5) is 0 Å². The number of piperidine rings is 2. The highest BCUT2D eigenvalue weighted by atomic mass is 127. The molecule has 0 aliphatic carbocycles. The minimum atomic E-state index is 0. The van der Waals surface area contributed by atoms with Crippen LogP contribution in [0.3, 0.4) is 0 Å². The summed E-state index contributed by atoms with van der Waals surface area (Å²) >= 11 is 0. The van der Waals surface area contributed by atoms with Crippen molar-refractivity contribution in [3.05, 3.63) is 0 Å². The van der Waals surface area contributed by atoms with E-state index in [4.69, 9.17) is 0 Å². The number of halogens is 2. The van der Waals surface area contributed by atoms with Crippen LogP contribution in [0.1, 0.15) is 51.4 Å². The van der Waals surface area contributed by atoms with Crippen LogP contribution in [0.25, 0.3) is 0 Å². The van der Waals surface area contributed by atoms with Gasteiger partial charge in [0.2, 0.25) is 0 Å². The predicted octanol–water partition coefficient (Wildman–Crippen LogP) is -2.47. The third kappa shape index (κ3) is 8.47. The molecule has 2 heterocycles. The molecule has 0 bridgehead atoms. The van der Waals surface area contributed by atoms with Crippen molar-refractivity contribution in [3.8, 4) is 0 Å². The second-order valence-corrected chi connectivity index (χ2v) is 8.94. The fraction of sp³-hybridized carbons (Fsp3) is 1.00. The van der Waals surface area contributed by atoms with Crippen LogP contribution in [-0.4, -0.2) is 63.3 Å². The lowest BCUT2D eigenvalue weighted by Gasteiger charge is -2.38. The molecule has 0 spiro atoms. The zero-order valence-electron chi connectivity index (χ0n) is 15.3. The van der Waals surface area contributed by atoms with E-state index in [1.54, 1.807) is 0 Å². The Morgan fingerprint density at radius 2 is 0.864 bits per heavy atom. The Morgan fingerprint density at radius 3 is 1.14 bits per heavy atom. The first-order valence-corrected chi connectivity index (χ1v) is 9.00. The van der Waals surface area contributed by atoms with Crippen LogP contribution in [0.15, 0.2) is 0 Å². The van der Waals surface area contributed by atoms with Crippen molar-refractivity contribution in [3.63, 3.8) is 0 Å². The smallest absolute Gasteiger partial charge is 0.0785 e. The Balaban J connectivity index is 0.00000220. The highest BCUT2D eigenvalue weighted by Crippen LogP contribution is 2.28. The molecule has 2 saturated heterocycles. The maximum absolute atomic E-state index is 2.39. The summed E-state index contributed by atoms with van der Waals surface area (Å²) in [6.07, 6.45) is 11.9. The topological polar surface area (TPSA) is 0 Å². The van der Waals surface area contributed by atoms with E-state index >= 15 is 0 Å². The highest BCUT2D eigenvalue weighted by Gasteiger charge is 2.27. The Bertz CT molecular complexity index is 255. The summed E-state index contributed by atoms with van der Waals surface area (Å²) in [4.78, 5) is 0. The lowest BCUT2D eigenvalue weighted by atomic mass is 9.87. The second-order valence-electron chi connectivity index (χ2n) is 8.94. The van der Waals surface area contributed by atoms with E-state index in [9.17, 15) is 0 Å². The zero-order valence-corrected chi connectivity index (χ0v) is 19.6. The first kappa shape index (κ1) is 23.4. The van der Waals surface area contributed by atoms with Gasteiger partial charge >= 0.3 is 0 Å². The Hall–Kier alpha value is 1.38. The molecule has 0 aromatic carbocycles. The van der Waals surface area contributed by atoms with Gasteiger partial charge in [-0.3, -0.25) is 0 Å². The average molecular weight is 536 g/mol. The number of quaternary nitrogens is 2. The summed E-state index contributed by atoms with van der Waals surface area (Å²) in [7, 11) is 9.55. The Morgan fingerprint density at radius 1 is 0.591 bits per heavy atom. The molecule has 0 aromatic rings. The normalized spacial score (nSPS) is 25.1. The van der Waals surface area contributed by atoms with Gasteiger partial charge in [0.05, 0.1) is 54.4 Å². The van der Waals surface area contributed by atoms with Crippen LogP contribution in [0.5, 0.6) is 0 Å². The van der Waals surface area contributed by atoms with Crippen molar-refractivity contribution >= 4 is 0 Å². The molecule has 2 aliphatic rings. The zero-order chi connectivity index (χ0) is 14.6. The number of hydrogen-bond acceptors (Lipinski definition) is 0. The minimum Gasteiger partial charge on any atom is -1.00 e. The molecule has 0 amide bonds. The third-order valence-corrected chi connectivity index (χ3v) is 6.05. The number of hydrogen-bond donors (Lipinski definition) is 0. The molecule has 2 rings (SSSR count). The van der Waals surface area contributed by atoms with E-state index in [0.29, 0.717) is 0 Å². The maximum Gasteiger partial charge on any atom is 0.0785 e. The molecule has 0 atom stereocenters. The van der Waals surface area contributed by atoms with Gasteiger partial charge in [0, 0.05) is 0 Å². The first-order chi connectivity index (χ1) is 9.36. The predicted molar refractivity (Wildman–Crippen MR) is 87.6 cm³/mol. The molecule has 0 aromatic heterocycles. The fourth-order valence-corrected chi connectivity index (χ4v) is 4.08. The standard InChI is InChI=1S/C18H38N2.2HI/c1-19(2)13-9-17(10-14-19)7-5-6-8-18-11-15-20(3,4)16-12-18;;/h17-18H,5-16H2,1-4H3;2*1H/q+2;;/p-2. The lowest BCUT2D eigenvalue weighted by Crippen LogP contribution is -3.00. The lowest BCUT2D eigenvalue weighted by molar-refractivity contribution is -0.896. The van der Waals surface area contributed by atoms with Crippen molar-refractivity contribution in [2.75, 3.05) is 54.4 Å². The molecular formula is C18H38I2N2. The quantitative estimate of drug-likeness (QED) is 0.208. The van der Waals surface area contributed by atoms with Gasteiger partial charge in [-0.05, 0) is 37.5 Å². The maximum atomic E-state index is 2.39. The van der Waals surface area contributed by atoms with E-state index in [2.05, 4.69) is 28.2 Å². The molecule has 4 heteroatoms. The van der Waals surface area contributed by atoms with Gasteiger partial charge in [-0.15, -0.1) is 0 Å². The van der Waals surface area contributed by atoms with Crippen LogP contribution in [-0.2, 0) is 0 Å². The van der Waals surface area contributed by atoms with E-state index in [1.165, 1.54) is 86.5 Å². The van der Waals surface area contributed by atoms with Crippen LogP contribution < -0.4 is 48.0 Å². The number of likely N-dealkylation sites (tertiary alicyclic amines) is 2. The van der Waals surface area contributed by atoms with Crippen LogP contribution in [0.2, 0.25) is 0 Å². The molecular weight excluding hydrogens is 498 g/mol. The first-order valence-electron chi connectivity index (χ1n) is 9.00. The van der Waals surface area contributed by atoms with Crippen molar-refractivity contribution < 1.29 is 56.9 Å². The summed E-state index contributed by atoms with van der Waals surface area (Å²) in [5.74, 6) is 2.09. The number of unbranched alkanes of at least 4 members (excludes halogenated alkanes) is 1. The van der Waals surface area contributed by atoms with Crippen LogP contribution in [0, 0.1) is 11.8 Å². The van der Waals surface area contributed by atoms with Gasteiger partial charge in [0.15, 0.2) is 0 Å². The molecule has 0 N–H and O–H groups in total. The van der Waals surface area contributed by atoms with Gasteiger partial charge in [-0.2, -0.15) is 0 Å². The minimum absolute atomic E-state index is 0. The highest BCUT2D eigenvalue weighted by molar-refractivity contribution is 4.67. The number of nitrogens with zero attached hydrogens (tertiary/aromatic N) is 2. The average Bonchev–Trinajstić information content (AvgIpc) is 2.38. The van der Waals surface area contributed by atoms with Crippen LogP contribution >= 0.6 is 0 Å². The molecule has 134 valence electrons. The van der Waals surface area contributed by atoms with Crippen molar-refractivity contribution in [2.45, 2.75) is 51.4 Å². The largest absolute Gasteiger partial charge is 1.00 e. The molecule has 2 fully saturated rings. The second kappa shape index (κ2) is 10.4. The van der Waals surface area contributed by atoms with E-state index in [-0.39, 0.29) is 48.0 Å². The van der Waals surface area contributed by atoms with Gasteiger partial charge in [-0.25, -0.2) is 0 Å². The Kier molecular flexibility index (Phi) is 11.0. The molecule has 2 aliphatic heterocycles. The summed E-state index contributed by atoms with van der Waals surface area (Å²) in [6.45, 7) is 5.61. The Labute approximate surface area is 173 Å². The van der Waals surface area contributed by atoms with Gasteiger partial charge in [0.25, 0.3) is 0 Å². The molecule has 0 radical (unpaired) electrons. The monoisotopic (exact) mass is 536 g/mol. The van der Waals surface area contributed by atoms with E-state index in [0.717, 1.165) is 11.8 Å². The van der Waals surface area contributed by atoms with E-state index < -0.39 is 0 Å². The van der Waals surface area contributed by atoms with Crippen molar-refractivity contribution in [1.82, 2.24) is 0 Å². The molecule has 22 heavy (non-hydrogen) atoms. The SMILES string of the molecule is C[N+]1(C)CCC(CCCCC2CC[N+](C)(C)CC2)CC1.[I-].[I-]. The summed E-state index contributed by atoms with van der Waals surface area (Å²) < 4.78 is 2.51. The van der Waals surface area contributed by atoms with E-state index in [1.807, 2.05) is 0 Å². The van der Waals surface area contributed by atoms with Gasteiger partial charge in [-0.1, -0.05) is 25.7 Å². The third-order valence-electron chi connectivity index (χ3n) is 6.05. The molecule has 0 saturated carbocycles. The van der Waals surface area contributed by atoms with Crippen molar-refractivity contribution in [2.24, 2.45) is 11.8 Å². The van der Waals surface area contributed by atoms with Gasteiger partial charge in [0.1, 0.15) is 0 Å².